The van der Waals surface area contributed by atoms with E-state index in [0.717, 1.165) is 35.0 Å². The van der Waals surface area contributed by atoms with E-state index in [2.05, 4.69) is 29.2 Å². The number of benzene rings is 3. The molecule has 0 bridgehead atoms. The fraction of sp³-hybridized carbons (Fsp3) is 0.357. The Balaban J connectivity index is 1.59. The third-order valence-corrected chi connectivity index (χ3v) is 5.96. The molecule has 0 fully saturated rings. The standard InChI is InChI=1S/C28H32ClNO6/c1-31-19-35-24-8-6-22(7-9-24)23-17-30(16-21-4-3-5-25(14-21)33-13-12-29)27-11-10-26(36-20-32-2)15-28(27)34-18-23/h3-11,14-15,23H,12-13,16-20H2,1-2H3. The molecule has 1 atom stereocenters. The Morgan fingerprint density at radius 3 is 2.33 bits per heavy atom. The maximum atomic E-state index is 6.32. The molecule has 1 aliphatic heterocycles. The lowest BCUT2D eigenvalue weighted by molar-refractivity contribution is 0.0508. The second-order valence-corrected chi connectivity index (χ2v) is 8.75. The number of rotatable bonds is 12. The fourth-order valence-electron chi connectivity index (χ4n) is 4.12. The monoisotopic (exact) mass is 513 g/mol. The van der Waals surface area contributed by atoms with Crippen LogP contribution in [-0.2, 0) is 16.0 Å². The number of hydrogen-bond donors (Lipinski definition) is 0. The van der Waals surface area contributed by atoms with Crippen molar-refractivity contribution in [2.75, 3.05) is 58.3 Å². The van der Waals surface area contributed by atoms with Gasteiger partial charge in [-0.15, -0.1) is 11.6 Å². The van der Waals surface area contributed by atoms with Gasteiger partial charge in [0.1, 0.15) is 29.6 Å². The van der Waals surface area contributed by atoms with Crippen LogP contribution in [0.4, 0.5) is 5.69 Å². The smallest absolute Gasteiger partial charge is 0.188 e. The van der Waals surface area contributed by atoms with Gasteiger partial charge in [-0.05, 0) is 47.5 Å². The Labute approximate surface area is 217 Å². The molecule has 7 nitrogen and oxygen atoms in total. The van der Waals surface area contributed by atoms with E-state index in [-0.39, 0.29) is 19.5 Å². The molecule has 8 heteroatoms. The zero-order valence-corrected chi connectivity index (χ0v) is 21.4. The number of hydrogen-bond acceptors (Lipinski definition) is 7. The summed E-state index contributed by atoms with van der Waals surface area (Å²) >= 11 is 5.80. The summed E-state index contributed by atoms with van der Waals surface area (Å²) in [6.07, 6.45) is 0. The van der Waals surface area contributed by atoms with E-state index in [1.54, 1.807) is 14.2 Å². The van der Waals surface area contributed by atoms with Crippen LogP contribution in [0.3, 0.4) is 0 Å². The van der Waals surface area contributed by atoms with Crippen molar-refractivity contribution in [3.63, 3.8) is 0 Å². The highest BCUT2D eigenvalue weighted by atomic mass is 35.5. The maximum absolute atomic E-state index is 6.32. The zero-order valence-electron chi connectivity index (χ0n) is 20.7. The zero-order chi connectivity index (χ0) is 25.2. The summed E-state index contributed by atoms with van der Waals surface area (Å²) in [7, 11) is 3.21. The van der Waals surface area contributed by atoms with Gasteiger partial charge in [-0.25, -0.2) is 0 Å². The van der Waals surface area contributed by atoms with Crippen LogP contribution in [-0.4, -0.2) is 53.4 Å². The Morgan fingerprint density at radius 2 is 1.58 bits per heavy atom. The van der Waals surface area contributed by atoms with Crippen LogP contribution in [0.2, 0.25) is 0 Å². The highest BCUT2D eigenvalue weighted by Crippen LogP contribution is 2.38. The Bertz CT molecular complexity index is 1090. The number of alkyl halides is 1. The first-order chi connectivity index (χ1) is 17.7. The SMILES string of the molecule is COCOc1ccc(C2COc3cc(OCOC)ccc3N(Cc3cccc(OCCCl)c3)C2)cc1. The first kappa shape index (κ1) is 25.9. The highest BCUT2D eigenvalue weighted by molar-refractivity contribution is 6.18. The van der Waals surface area contributed by atoms with Crippen LogP contribution in [0.5, 0.6) is 23.0 Å². The van der Waals surface area contributed by atoms with Gasteiger partial charge in [0.05, 0.1) is 18.2 Å². The van der Waals surface area contributed by atoms with Gasteiger partial charge in [0, 0.05) is 39.3 Å². The normalized spacial score (nSPS) is 15.0. The number of methoxy groups -OCH3 is 2. The third-order valence-electron chi connectivity index (χ3n) is 5.81. The molecule has 1 aliphatic rings. The van der Waals surface area contributed by atoms with Crippen LogP contribution in [0.1, 0.15) is 17.0 Å². The largest absolute Gasteiger partial charge is 0.492 e. The summed E-state index contributed by atoms with van der Waals surface area (Å²) in [5.74, 6) is 3.65. The fourth-order valence-corrected chi connectivity index (χ4v) is 4.20. The van der Waals surface area contributed by atoms with Gasteiger partial charge in [0.2, 0.25) is 0 Å². The second-order valence-electron chi connectivity index (χ2n) is 8.37. The number of ether oxygens (including phenoxy) is 6. The van der Waals surface area contributed by atoms with Crippen LogP contribution < -0.4 is 23.8 Å². The van der Waals surface area contributed by atoms with Gasteiger partial charge in [-0.1, -0.05) is 24.3 Å². The van der Waals surface area contributed by atoms with Gasteiger partial charge >= 0.3 is 0 Å². The van der Waals surface area contributed by atoms with E-state index < -0.39 is 0 Å². The summed E-state index contributed by atoms with van der Waals surface area (Å²) in [6.45, 7) is 2.87. The van der Waals surface area contributed by atoms with Crippen molar-refractivity contribution >= 4 is 17.3 Å². The quantitative estimate of drug-likeness (QED) is 0.236. The van der Waals surface area contributed by atoms with E-state index in [0.29, 0.717) is 31.4 Å². The van der Waals surface area contributed by atoms with Crippen molar-refractivity contribution < 1.29 is 28.4 Å². The van der Waals surface area contributed by atoms with Crippen molar-refractivity contribution in [2.45, 2.75) is 12.5 Å². The van der Waals surface area contributed by atoms with E-state index in [1.807, 2.05) is 42.5 Å². The van der Waals surface area contributed by atoms with Crippen molar-refractivity contribution in [1.82, 2.24) is 0 Å². The van der Waals surface area contributed by atoms with Crippen LogP contribution in [0.15, 0.2) is 66.7 Å². The summed E-state index contributed by atoms with van der Waals surface area (Å²) in [5.41, 5.74) is 3.32. The molecule has 0 aliphatic carbocycles. The molecule has 0 saturated heterocycles. The lowest BCUT2D eigenvalue weighted by Gasteiger charge is -2.27. The molecule has 4 rings (SSSR count). The van der Waals surface area contributed by atoms with Gasteiger partial charge in [0.15, 0.2) is 13.6 Å². The number of fused-ring (bicyclic) bond motifs is 1. The summed E-state index contributed by atoms with van der Waals surface area (Å²) in [4.78, 5) is 2.34. The molecule has 0 spiro atoms. The molecule has 0 amide bonds. The minimum absolute atomic E-state index is 0.146. The van der Waals surface area contributed by atoms with Gasteiger partial charge in [0.25, 0.3) is 0 Å². The van der Waals surface area contributed by atoms with Gasteiger partial charge in [-0.3, -0.25) is 0 Å². The average molecular weight is 514 g/mol. The molecule has 1 heterocycles. The Hall–Kier alpha value is -3.13. The van der Waals surface area contributed by atoms with E-state index in [4.69, 9.17) is 40.0 Å². The third kappa shape index (κ3) is 6.97. The maximum Gasteiger partial charge on any atom is 0.188 e. The summed E-state index contributed by atoms with van der Waals surface area (Å²) in [5, 5.41) is 0. The molecule has 0 aromatic heterocycles. The van der Waals surface area contributed by atoms with Crippen molar-refractivity contribution in [1.29, 1.82) is 0 Å². The van der Waals surface area contributed by atoms with E-state index in [1.165, 1.54) is 5.56 Å². The first-order valence-corrected chi connectivity index (χ1v) is 12.4. The minimum atomic E-state index is 0.146. The summed E-state index contributed by atoms with van der Waals surface area (Å²) in [6, 6.07) is 22.1. The predicted molar refractivity (Wildman–Crippen MR) is 140 cm³/mol. The molecule has 0 N–H and O–H groups in total. The first-order valence-electron chi connectivity index (χ1n) is 11.8. The molecule has 1 unspecified atom stereocenters. The van der Waals surface area contributed by atoms with Crippen molar-refractivity contribution in [2.24, 2.45) is 0 Å². The molecule has 36 heavy (non-hydrogen) atoms. The average Bonchev–Trinajstić information content (AvgIpc) is 3.09. The van der Waals surface area contributed by atoms with Crippen LogP contribution >= 0.6 is 11.6 Å². The lowest BCUT2D eigenvalue weighted by atomic mass is 9.99. The van der Waals surface area contributed by atoms with Crippen molar-refractivity contribution in [3.8, 4) is 23.0 Å². The van der Waals surface area contributed by atoms with E-state index in [9.17, 15) is 0 Å². The van der Waals surface area contributed by atoms with Crippen LogP contribution in [0.25, 0.3) is 0 Å². The molecule has 0 saturated carbocycles. The topological polar surface area (TPSA) is 58.6 Å². The van der Waals surface area contributed by atoms with Gasteiger partial charge < -0.3 is 33.3 Å². The second kappa shape index (κ2) is 13.3. The molecular formula is C28H32ClNO6. The number of halogens is 1. The number of anilines is 1. The Kier molecular flexibility index (Phi) is 9.55. The molecule has 0 radical (unpaired) electrons. The Morgan fingerprint density at radius 1 is 0.861 bits per heavy atom. The van der Waals surface area contributed by atoms with E-state index >= 15 is 0 Å². The van der Waals surface area contributed by atoms with Crippen LogP contribution in [0, 0.1) is 0 Å². The van der Waals surface area contributed by atoms with Gasteiger partial charge in [-0.2, -0.15) is 0 Å². The van der Waals surface area contributed by atoms with Crippen molar-refractivity contribution in [3.05, 3.63) is 77.9 Å². The lowest BCUT2D eigenvalue weighted by Crippen LogP contribution is -2.28. The molecule has 3 aromatic rings. The minimum Gasteiger partial charge on any atom is -0.492 e. The number of nitrogens with zero attached hydrogens (tertiary/aromatic N) is 1. The predicted octanol–water partition coefficient (Wildman–Crippen LogP) is 5.45. The molecule has 192 valence electrons. The molecular weight excluding hydrogens is 482 g/mol. The summed E-state index contributed by atoms with van der Waals surface area (Å²) < 4.78 is 33.3. The highest BCUT2D eigenvalue weighted by Gasteiger charge is 2.25. The molecule has 3 aromatic carbocycles.